The lowest BCUT2D eigenvalue weighted by atomic mass is 9.77. The van der Waals surface area contributed by atoms with Crippen molar-refractivity contribution in [1.82, 2.24) is 20.1 Å². The number of hydrogen-bond acceptors (Lipinski definition) is 6. The van der Waals surface area contributed by atoms with Gasteiger partial charge in [0.2, 0.25) is 10.0 Å². The van der Waals surface area contributed by atoms with Crippen LogP contribution in [0, 0.1) is 23.5 Å². The summed E-state index contributed by atoms with van der Waals surface area (Å²) < 4.78 is 82.6. The standard InChI is InChI=1S/C29H25F4N5O5S/c1-38-25-21(4-3-5-22(25)26(36-38)37-44(2,42)43)20-7-6-19(8-9-28(41)14-29(32,33)15-28)34-24(20)23(35-27(39)40)12-16-10-17(30)13-18(31)11-16/h3-7,10-11,13,23,35,41H,12,14-15H2,1-2H3,(H,36,37)(H,39,40). The van der Waals surface area contributed by atoms with Gasteiger partial charge in [-0.05, 0) is 48.2 Å². The van der Waals surface area contributed by atoms with Crippen LogP contribution in [-0.2, 0) is 23.5 Å². The topological polar surface area (TPSA) is 146 Å². The molecule has 2 aromatic heterocycles. The Kier molecular flexibility index (Phi) is 7.77. The Balaban J connectivity index is 1.69. The van der Waals surface area contributed by atoms with E-state index < -0.39 is 58.2 Å². The predicted octanol–water partition coefficient (Wildman–Crippen LogP) is 4.35. The quantitative estimate of drug-likeness (QED) is 0.175. The number of fused-ring (bicyclic) bond motifs is 1. The number of aromatic nitrogens is 3. The van der Waals surface area contributed by atoms with Gasteiger partial charge in [-0.1, -0.05) is 18.1 Å². The van der Waals surface area contributed by atoms with E-state index >= 15 is 0 Å². The number of amides is 1. The predicted molar refractivity (Wildman–Crippen MR) is 152 cm³/mol. The first-order valence-electron chi connectivity index (χ1n) is 13.0. The molecule has 5 rings (SSSR count). The summed E-state index contributed by atoms with van der Waals surface area (Å²) >= 11 is 0. The summed E-state index contributed by atoms with van der Waals surface area (Å²) in [6, 6.07) is 9.44. The zero-order valence-corrected chi connectivity index (χ0v) is 24.0. The molecule has 1 atom stereocenters. The number of hydrogen-bond donors (Lipinski definition) is 4. The van der Waals surface area contributed by atoms with Crippen LogP contribution in [0.4, 0.5) is 28.2 Å². The molecule has 0 bridgehead atoms. The third-order valence-electron chi connectivity index (χ3n) is 6.88. The van der Waals surface area contributed by atoms with E-state index in [9.17, 15) is 41.0 Å². The molecule has 1 saturated carbocycles. The first-order chi connectivity index (χ1) is 20.5. The third-order valence-corrected chi connectivity index (χ3v) is 7.44. The minimum atomic E-state index is -3.70. The fourth-order valence-corrected chi connectivity index (χ4v) is 5.75. The highest BCUT2D eigenvalue weighted by atomic mass is 32.2. The van der Waals surface area contributed by atoms with E-state index in [1.807, 2.05) is 0 Å². The molecule has 0 saturated heterocycles. The Morgan fingerprint density at radius 3 is 2.41 bits per heavy atom. The summed E-state index contributed by atoms with van der Waals surface area (Å²) in [7, 11) is -2.12. The number of rotatable bonds is 7. The largest absolute Gasteiger partial charge is 0.465 e. The normalized spacial score (nSPS) is 16.0. The Hall–Kier alpha value is -4.68. The van der Waals surface area contributed by atoms with Crippen LogP contribution in [0.15, 0.2) is 48.5 Å². The van der Waals surface area contributed by atoms with Crippen LogP contribution in [0.2, 0.25) is 0 Å². The third kappa shape index (κ3) is 6.76. The summed E-state index contributed by atoms with van der Waals surface area (Å²) in [5, 5.41) is 27.0. The number of para-hydroxylation sites is 1. The summed E-state index contributed by atoms with van der Waals surface area (Å²) in [5.41, 5.74) is -0.536. The van der Waals surface area contributed by atoms with Crippen LogP contribution in [0.5, 0.6) is 0 Å². The van der Waals surface area contributed by atoms with Crippen LogP contribution < -0.4 is 10.0 Å². The van der Waals surface area contributed by atoms with Crippen molar-refractivity contribution in [1.29, 1.82) is 0 Å². The Morgan fingerprint density at radius 2 is 1.80 bits per heavy atom. The van der Waals surface area contributed by atoms with Crippen molar-refractivity contribution in [3.63, 3.8) is 0 Å². The number of nitrogens with zero attached hydrogens (tertiary/aromatic N) is 3. The molecule has 1 fully saturated rings. The van der Waals surface area contributed by atoms with Gasteiger partial charge in [0, 0.05) is 29.6 Å². The fraction of sp³-hybridized carbons (Fsp3) is 0.276. The first kappa shape index (κ1) is 30.8. The van der Waals surface area contributed by atoms with Gasteiger partial charge < -0.3 is 15.5 Å². The maximum Gasteiger partial charge on any atom is 0.405 e. The minimum absolute atomic E-state index is 0.00613. The lowest BCUT2D eigenvalue weighted by Gasteiger charge is -2.39. The van der Waals surface area contributed by atoms with Gasteiger partial charge in [-0.3, -0.25) is 9.40 Å². The second kappa shape index (κ2) is 11.1. The van der Waals surface area contributed by atoms with Gasteiger partial charge in [-0.15, -0.1) is 0 Å². The van der Waals surface area contributed by atoms with Crippen molar-refractivity contribution >= 4 is 32.8 Å². The highest BCUT2D eigenvalue weighted by Gasteiger charge is 2.55. The summed E-state index contributed by atoms with van der Waals surface area (Å²) in [5.74, 6) is 0.235. The maximum absolute atomic E-state index is 14.1. The SMILES string of the molecule is Cn1nc(NS(C)(=O)=O)c2cccc(-c3ccc(C#CC4(O)CC(F)(F)C4)nc3C(Cc3cc(F)cc(F)c3)NC(=O)O)c21. The van der Waals surface area contributed by atoms with E-state index in [1.165, 1.54) is 10.7 Å². The first-order valence-corrected chi connectivity index (χ1v) is 14.9. The van der Waals surface area contributed by atoms with E-state index in [-0.39, 0.29) is 29.2 Å². The van der Waals surface area contributed by atoms with Crippen molar-refractivity contribution < 1.29 is 41.0 Å². The molecule has 2 aromatic carbocycles. The van der Waals surface area contributed by atoms with Crippen LogP contribution in [0.25, 0.3) is 22.0 Å². The number of anilines is 1. The van der Waals surface area contributed by atoms with Crippen molar-refractivity contribution in [3.8, 4) is 23.0 Å². The molecule has 4 N–H and O–H groups in total. The smallest absolute Gasteiger partial charge is 0.405 e. The molecule has 2 heterocycles. The van der Waals surface area contributed by atoms with Crippen LogP contribution in [0.3, 0.4) is 0 Å². The number of benzene rings is 2. The lowest BCUT2D eigenvalue weighted by Crippen LogP contribution is -2.50. The van der Waals surface area contributed by atoms with Gasteiger partial charge in [-0.25, -0.2) is 35.8 Å². The number of aliphatic hydroxyl groups is 1. The fourth-order valence-electron chi connectivity index (χ4n) is 5.25. The lowest BCUT2D eigenvalue weighted by molar-refractivity contribution is -0.176. The van der Waals surface area contributed by atoms with Crippen molar-refractivity contribution in [2.75, 3.05) is 11.0 Å². The molecule has 230 valence electrons. The molecule has 15 heteroatoms. The van der Waals surface area contributed by atoms with Crippen LogP contribution in [0.1, 0.15) is 35.8 Å². The van der Waals surface area contributed by atoms with E-state index in [0.717, 1.165) is 18.4 Å². The molecule has 0 aliphatic heterocycles. The van der Waals surface area contributed by atoms with E-state index in [2.05, 4.69) is 32.0 Å². The van der Waals surface area contributed by atoms with Gasteiger partial charge in [0.15, 0.2) is 5.82 Å². The van der Waals surface area contributed by atoms with Crippen molar-refractivity contribution in [2.45, 2.75) is 36.8 Å². The molecule has 1 aliphatic rings. The van der Waals surface area contributed by atoms with Crippen molar-refractivity contribution in [3.05, 3.63) is 77.1 Å². The number of carbonyl (C=O) groups is 1. The highest BCUT2D eigenvalue weighted by molar-refractivity contribution is 7.92. The molecule has 1 unspecified atom stereocenters. The number of sulfonamides is 1. The van der Waals surface area contributed by atoms with Gasteiger partial charge >= 0.3 is 6.09 Å². The van der Waals surface area contributed by atoms with E-state index in [1.54, 1.807) is 31.3 Å². The number of pyridine rings is 1. The van der Waals surface area contributed by atoms with E-state index in [0.29, 0.717) is 28.1 Å². The number of alkyl halides is 2. The zero-order valence-electron chi connectivity index (χ0n) is 23.2. The minimum Gasteiger partial charge on any atom is -0.465 e. The van der Waals surface area contributed by atoms with Gasteiger partial charge in [0.25, 0.3) is 5.92 Å². The molecule has 10 nitrogen and oxygen atoms in total. The zero-order chi connectivity index (χ0) is 32.0. The van der Waals surface area contributed by atoms with Crippen LogP contribution in [-0.4, -0.2) is 57.3 Å². The van der Waals surface area contributed by atoms with E-state index in [4.69, 9.17) is 0 Å². The van der Waals surface area contributed by atoms with Gasteiger partial charge in [-0.2, -0.15) is 5.10 Å². The maximum atomic E-state index is 14.1. The second-order valence-electron chi connectivity index (χ2n) is 10.7. The second-order valence-corrected chi connectivity index (χ2v) is 12.4. The Morgan fingerprint density at radius 1 is 1.11 bits per heavy atom. The number of halogens is 4. The van der Waals surface area contributed by atoms with Crippen LogP contribution >= 0.6 is 0 Å². The summed E-state index contributed by atoms with van der Waals surface area (Å²) in [4.78, 5) is 16.4. The molecule has 0 spiro atoms. The number of carboxylic acid groups (broad SMARTS) is 1. The number of nitrogens with one attached hydrogen (secondary N) is 2. The summed E-state index contributed by atoms with van der Waals surface area (Å²) in [6.07, 6.45) is -2.45. The average molecular weight is 632 g/mol. The molecule has 1 aliphatic carbocycles. The highest BCUT2D eigenvalue weighted by Crippen LogP contribution is 2.45. The van der Waals surface area contributed by atoms with Gasteiger partial charge in [0.1, 0.15) is 22.9 Å². The number of aryl methyl sites for hydroxylation is 1. The Bertz CT molecular complexity index is 1940. The summed E-state index contributed by atoms with van der Waals surface area (Å²) in [6.45, 7) is 0. The molecule has 44 heavy (non-hydrogen) atoms. The average Bonchev–Trinajstić information content (AvgIpc) is 3.18. The Labute approximate surface area is 248 Å². The monoisotopic (exact) mass is 631 g/mol. The van der Waals surface area contributed by atoms with Gasteiger partial charge in [0.05, 0.1) is 36.3 Å². The van der Waals surface area contributed by atoms with Crippen molar-refractivity contribution in [2.24, 2.45) is 7.05 Å². The molecule has 4 aromatic rings. The molecule has 0 radical (unpaired) electrons. The molecular formula is C29H25F4N5O5S. The molecule has 1 amide bonds. The molecular weight excluding hydrogens is 606 g/mol.